The predicted octanol–water partition coefficient (Wildman–Crippen LogP) is 3.32. The van der Waals surface area contributed by atoms with Gasteiger partial charge in [0.05, 0.1) is 30.6 Å². The Morgan fingerprint density at radius 1 is 1.31 bits per heavy atom. The second-order valence-electron chi connectivity index (χ2n) is 5.28. The summed E-state index contributed by atoms with van der Waals surface area (Å²) in [6.07, 6.45) is 2.29. The van der Waals surface area contributed by atoms with Crippen LogP contribution >= 0.6 is 11.3 Å². The summed E-state index contributed by atoms with van der Waals surface area (Å²) in [7, 11) is 0. The van der Waals surface area contributed by atoms with Gasteiger partial charge in [-0.2, -0.15) is 5.10 Å². The van der Waals surface area contributed by atoms with Crippen molar-refractivity contribution in [2.24, 2.45) is 0 Å². The third-order valence-electron chi connectivity index (χ3n) is 3.43. The minimum atomic E-state index is -1.01. The number of hydrogen-bond donors (Lipinski definition) is 2. The quantitative estimate of drug-likeness (QED) is 0.687. The van der Waals surface area contributed by atoms with E-state index in [2.05, 4.69) is 15.4 Å². The van der Waals surface area contributed by atoms with Gasteiger partial charge in [0.15, 0.2) is 0 Å². The molecule has 0 fully saturated rings. The fraction of sp³-hybridized carbons (Fsp3) is 0.176. The SMILES string of the molecule is CCOC(=O)Nc1ccc(-c2csc(Cn3cc(C(=O)O)cn3)n2)cc1. The second-order valence-corrected chi connectivity index (χ2v) is 6.22. The van der Waals surface area contributed by atoms with Crippen LogP contribution in [0.5, 0.6) is 0 Å². The Bertz CT molecular complexity index is 917. The second kappa shape index (κ2) is 7.79. The van der Waals surface area contributed by atoms with Crippen LogP contribution in [0.25, 0.3) is 11.3 Å². The number of nitrogens with one attached hydrogen (secondary N) is 1. The van der Waals surface area contributed by atoms with Crippen LogP contribution in [-0.4, -0.2) is 38.5 Å². The molecule has 26 heavy (non-hydrogen) atoms. The third kappa shape index (κ3) is 4.25. The van der Waals surface area contributed by atoms with E-state index in [9.17, 15) is 9.59 Å². The standard InChI is InChI=1S/C17H16N4O4S/c1-2-25-17(24)19-13-5-3-11(4-6-13)14-10-26-15(20-14)9-21-8-12(7-18-21)16(22)23/h3-8,10H,2,9H2,1H3,(H,19,24)(H,22,23). The van der Waals surface area contributed by atoms with Crippen molar-refractivity contribution in [3.8, 4) is 11.3 Å². The number of anilines is 1. The summed E-state index contributed by atoms with van der Waals surface area (Å²) in [5.74, 6) is -1.01. The fourth-order valence-corrected chi connectivity index (χ4v) is 3.02. The first kappa shape index (κ1) is 17.6. The number of carbonyl (C=O) groups excluding carboxylic acids is 1. The highest BCUT2D eigenvalue weighted by Crippen LogP contribution is 2.24. The molecule has 0 saturated carbocycles. The largest absolute Gasteiger partial charge is 0.478 e. The maximum absolute atomic E-state index is 11.4. The molecule has 2 heterocycles. The van der Waals surface area contributed by atoms with E-state index in [-0.39, 0.29) is 5.56 Å². The summed E-state index contributed by atoms with van der Waals surface area (Å²) in [6, 6.07) is 7.27. The number of rotatable bonds is 6. The van der Waals surface area contributed by atoms with Crippen molar-refractivity contribution in [2.45, 2.75) is 13.5 Å². The Morgan fingerprint density at radius 3 is 2.73 bits per heavy atom. The molecule has 1 aromatic carbocycles. The minimum Gasteiger partial charge on any atom is -0.478 e. The summed E-state index contributed by atoms with van der Waals surface area (Å²) in [5.41, 5.74) is 2.50. The maximum Gasteiger partial charge on any atom is 0.411 e. The lowest BCUT2D eigenvalue weighted by atomic mass is 10.1. The van der Waals surface area contributed by atoms with Gasteiger partial charge in [0.25, 0.3) is 0 Å². The van der Waals surface area contributed by atoms with Crippen LogP contribution in [0.4, 0.5) is 10.5 Å². The smallest absolute Gasteiger partial charge is 0.411 e. The zero-order valence-electron chi connectivity index (χ0n) is 13.9. The molecule has 0 aliphatic carbocycles. The van der Waals surface area contributed by atoms with E-state index < -0.39 is 12.1 Å². The monoisotopic (exact) mass is 372 g/mol. The van der Waals surface area contributed by atoms with Gasteiger partial charge < -0.3 is 9.84 Å². The number of carboxylic acids is 1. The molecule has 0 bridgehead atoms. The predicted molar refractivity (Wildman–Crippen MR) is 96.5 cm³/mol. The van der Waals surface area contributed by atoms with E-state index in [4.69, 9.17) is 9.84 Å². The van der Waals surface area contributed by atoms with E-state index in [0.29, 0.717) is 18.8 Å². The van der Waals surface area contributed by atoms with Crippen LogP contribution in [-0.2, 0) is 11.3 Å². The van der Waals surface area contributed by atoms with Crippen LogP contribution in [0.1, 0.15) is 22.3 Å². The van der Waals surface area contributed by atoms with E-state index in [0.717, 1.165) is 16.3 Å². The molecule has 0 atom stereocenters. The lowest BCUT2D eigenvalue weighted by Gasteiger charge is -2.05. The Hall–Kier alpha value is -3.20. The Kier molecular flexibility index (Phi) is 5.28. The molecule has 2 aromatic heterocycles. The Labute approximate surface area is 153 Å². The number of amides is 1. The highest BCUT2D eigenvalue weighted by molar-refractivity contribution is 7.09. The van der Waals surface area contributed by atoms with E-state index in [1.54, 1.807) is 23.7 Å². The van der Waals surface area contributed by atoms with Crippen molar-refractivity contribution in [3.63, 3.8) is 0 Å². The summed E-state index contributed by atoms with van der Waals surface area (Å²) in [5, 5.41) is 18.3. The molecule has 0 radical (unpaired) electrons. The summed E-state index contributed by atoms with van der Waals surface area (Å²) in [6.45, 7) is 2.46. The molecule has 3 aromatic rings. The van der Waals surface area contributed by atoms with Crippen LogP contribution in [0.3, 0.4) is 0 Å². The normalized spacial score (nSPS) is 10.5. The number of hydrogen-bond acceptors (Lipinski definition) is 6. The molecule has 0 spiro atoms. The first-order valence-electron chi connectivity index (χ1n) is 7.79. The Morgan fingerprint density at radius 2 is 2.08 bits per heavy atom. The highest BCUT2D eigenvalue weighted by atomic mass is 32.1. The van der Waals surface area contributed by atoms with Crippen molar-refractivity contribution in [1.82, 2.24) is 14.8 Å². The number of carboxylic acid groups (broad SMARTS) is 1. The number of carbonyl (C=O) groups is 2. The molecule has 0 aliphatic rings. The molecule has 134 valence electrons. The van der Waals surface area contributed by atoms with Crippen LogP contribution in [0, 0.1) is 0 Å². The molecule has 0 aliphatic heterocycles. The van der Waals surface area contributed by atoms with Gasteiger partial charge in [-0.05, 0) is 19.1 Å². The van der Waals surface area contributed by atoms with Gasteiger partial charge in [0, 0.05) is 22.8 Å². The Balaban J connectivity index is 1.67. The van der Waals surface area contributed by atoms with E-state index in [1.165, 1.54) is 23.7 Å². The van der Waals surface area contributed by atoms with E-state index in [1.807, 2.05) is 17.5 Å². The molecule has 0 unspecified atom stereocenters. The third-order valence-corrected chi connectivity index (χ3v) is 4.27. The summed E-state index contributed by atoms with van der Waals surface area (Å²) < 4.78 is 6.37. The van der Waals surface area contributed by atoms with Gasteiger partial charge in [-0.1, -0.05) is 12.1 Å². The lowest BCUT2D eigenvalue weighted by Crippen LogP contribution is -2.13. The number of aromatic nitrogens is 3. The van der Waals surface area contributed by atoms with Crippen molar-refractivity contribution >= 4 is 29.1 Å². The van der Waals surface area contributed by atoms with Crippen molar-refractivity contribution in [1.29, 1.82) is 0 Å². The first-order chi connectivity index (χ1) is 12.5. The van der Waals surface area contributed by atoms with Gasteiger partial charge >= 0.3 is 12.1 Å². The van der Waals surface area contributed by atoms with Gasteiger partial charge in [0.1, 0.15) is 5.01 Å². The molecule has 1 amide bonds. The maximum atomic E-state index is 11.4. The van der Waals surface area contributed by atoms with Crippen LogP contribution < -0.4 is 5.32 Å². The molecule has 3 rings (SSSR count). The summed E-state index contributed by atoms with van der Waals surface area (Å²) in [4.78, 5) is 26.8. The fourth-order valence-electron chi connectivity index (χ4n) is 2.22. The van der Waals surface area contributed by atoms with Crippen molar-refractivity contribution < 1.29 is 19.4 Å². The molecule has 9 heteroatoms. The number of benzene rings is 1. The minimum absolute atomic E-state index is 0.145. The number of nitrogens with zero attached hydrogens (tertiary/aromatic N) is 3. The number of aromatic carboxylic acids is 1. The summed E-state index contributed by atoms with van der Waals surface area (Å²) >= 11 is 1.47. The molecular formula is C17H16N4O4S. The zero-order valence-corrected chi connectivity index (χ0v) is 14.7. The molecule has 8 nitrogen and oxygen atoms in total. The number of thiazole rings is 1. The average molecular weight is 372 g/mol. The molecule has 0 saturated heterocycles. The highest BCUT2D eigenvalue weighted by Gasteiger charge is 2.09. The van der Waals surface area contributed by atoms with Crippen LogP contribution in [0.15, 0.2) is 42.0 Å². The average Bonchev–Trinajstić information content (AvgIpc) is 3.26. The zero-order chi connectivity index (χ0) is 18.5. The van der Waals surface area contributed by atoms with Crippen molar-refractivity contribution in [2.75, 3.05) is 11.9 Å². The van der Waals surface area contributed by atoms with Gasteiger partial charge in [0.2, 0.25) is 0 Å². The molecular weight excluding hydrogens is 356 g/mol. The van der Waals surface area contributed by atoms with Gasteiger partial charge in [-0.25, -0.2) is 14.6 Å². The van der Waals surface area contributed by atoms with Crippen molar-refractivity contribution in [3.05, 3.63) is 52.6 Å². The van der Waals surface area contributed by atoms with Crippen LogP contribution in [0.2, 0.25) is 0 Å². The van der Waals surface area contributed by atoms with Gasteiger partial charge in [-0.3, -0.25) is 10.00 Å². The lowest BCUT2D eigenvalue weighted by molar-refractivity contribution is 0.0696. The topological polar surface area (TPSA) is 106 Å². The van der Waals surface area contributed by atoms with E-state index >= 15 is 0 Å². The van der Waals surface area contributed by atoms with Gasteiger partial charge in [-0.15, -0.1) is 11.3 Å². The molecule has 2 N–H and O–H groups in total. The first-order valence-corrected chi connectivity index (χ1v) is 8.67. The number of ether oxygens (including phenoxy) is 1.